The smallest absolute Gasteiger partial charge is 0.307 e. The van der Waals surface area contributed by atoms with Gasteiger partial charge in [-0.05, 0) is 20.3 Å². The summed E-state index contributed by atoms with van der Waals surface area (Å²) in [6.07, 6.45) is 0.386. The summed E-state index contributed by atoms with van der Waals surface area (Å²) in [5.74, 6) is -1.17. The van der Waals surface area contributed by atoms with E-state index in [1.54, 1.807) is 19.2 Å². The van der Waals surface area contributed by atoms with Gasteiger partial charge < -0.3 is 10.4 Å². The molecule has 1 heterocycles. The molecule has 0 aliphatic rings. The average molecular weight is 272 g/mol. The Kier molecular flexibility index (Phi) is 5.08. The van der Waals surface area contributed by atoms with Gasteiger partial charge in [0.15, 0.2) is 0 Å². The molecule has 0 bridgehead atoms. The third-order valence-corrected chi connectivity index (χ3v) is 3.36. The number of amides is 1. The van der Waals surface area contributed by atoms with E-state index in [0.29, 0.717) is 6.42 Å². The third-order valence-electron chi connectivity index (χ3n) is 2.48. The predicted octanol–water partition coefficient (Wildman–Crippen LogP) is 0.588. The van der Waals surface area contributed by atoms with E-state index < -0.39 is 5.97 Å². The molecule has 1 atom stereocenters. The molecule has 100 valence electrons. The first kappa shape index (κ1) is 14.4. The van der Waals surface area contributed by atoms with E-state index in [2.05, 4.69) is 5.32 Å². The Balaban J connectivity index is 2.47. The summed E-state index contributed by atoms with van der Waals surface area (Å²) in [5, 5.41) is 12.9. The van der Waals surface area contributed by atoms with E-state index in [1.807, 2.05) is 0 Å². The van der Waals surface area contributed by atoms with Crippen molar-refractivity contribution in [3.05, 3.63) is 20.7 Å². The summed E-state index contributed by atoms with van der Waals surface area (Å²) in [5.41, 5.74) is 0.748. The summed E-state index contributed by atoms with van der Waals surface area (Å²) in [6.45, 7) is 3.48. The first-order valence-electron chi connectivity index (χ1n) is 5.56. The second-order valence-electron chi connectivity index (χ2n) is 4.13. The zero-order valence-corrected chi connectivity index (χ0v) is 11.1. The van der Waals surface area contributed by atoms with Crippen LogP contribution in [0.3, 0.4) is 0 Å². The molecule has 7 heteroatoms. The summed E-state index contributed by atoms with van der Waals surface area (Å²) in [6, 6.07) is -0.219. The molecule has 0 saturated carbocycles. The van der Waals surface area contributed by atoms with E-state index in [4.69, 9.17) is 5.11 Å². The summed E-state index contributed by atoms with van der Waals surface area (Å²) in [7, 11) is 0. The van der Waals surface area contributed by atoms with Crippen molar-refractivity contribution < 1.29 is 14.7 Å². The fourth-order valence-corrected chi connectivity index (χ4v) is 2.21. The normalized spacial score (nSPS) is 12.1. The van der Waals surface area contributed by atoms with E-state index in [-0.39, 0.29) is 29.8 Å². The standard InChI is InChI=1S/C11H16N2O4S/c1-7(3-4-10(15)16)12-9(14)5-13-8(2)6-18-11(13)17/h6-7H,3-5H2,1-2H3,(H,12,14)(H,15,16). The van der Waals surface area contributed by atoms with Crippen molar-refractivity contribution in [1.29, 1.82) is 0 Å². The average Bonchev–Trinajstić information content (AvgIpc) is 2.58. The molecule has 0 radical (unpaired) electrons. The number of thiazole rings is 1. The van der Waals surface area contributed by atoms with Crippen LogP contribution < -0.4 is 10.2 Å². The highest BCUT2D eigenvalue weighted by Gasteiger charge is 2.12. The molecule has 1 aromatic heterocycles. The van der Waals surface area contributed by atoms with Crippen LogP contribution in [-0.2, 0) is 16.1 Å². The zero-order chi connectivity index (χ0) is 13.7. The van der Waals surface area contributed by atoms with E-state index in [9.17, 15) is 14.4 Å². The van der Waals surface area contributed by atoms with Crippen LogP contribution in [0.25, 0.3) is 0 Å². The first-order valence-corrected chi connectivity index (χ1v) is 6.44. The quantitative estimate of drug-likeness (QED) is 0.793. The molecule has 0 aromatic carbocycles. The van der Waals surface area contributed by atoms with E-state index >= 15 is 0 Å². The van der Waals surface area contributed by atoms with Gasteiger partial charge in [-0.15, -0.1) is 0 Å². The van der Waals surface area contributed by atoms with Crippen molar-refractivity contribution >= 4 is 23.2 Å². The Morgan fingerprint density at radius 3 is 2.72 bits per heavy atom. The maximum atomic E-state index is 11.7. The number of carbonyl (C=O) groups excluding carboxylic acids is 1. The SMILES string of the molecule is Cc1csc(=O)n1CC(=O)NC(C)CCC(=O)O. The van der Waals surface area contributed by atoms with Gasteiger partial charge in [0.25, 0.3) is 0 Å². The lowest BCUT2D eigenvalue weighted by Gasteiger charge is -2.13. The lowest BCUT2D eigenvalue weighted by molar-refractivity contribution is -0.137. The van der Waals surface area contributed by atoms with Crippen molar-refractivity contribution in [3.63, 3.8) is 0 Å². The van der Waals surface area contributed by atoms with Crippen molar-refractivity contribution in [2.24, 2.45) is 0 Å². The van der Waals surface area contributed by atoms with Crippen LogP contribution in [0.1, 0.15) is 25.5 Å². The number of rotatable bonds is 6. The number of carbonyl (C=O) groups is 2. The third kappa shape index (κ3) is 4.33. The number of aryl methyl sites for hydroxylation is 1. The molecule has 1 aromatic rings. The molecule has 0 fully saturated rings. The lowest BCUT2D eigenvalue weighted by atomic mass is 10.2. The van der Waals surface area contributed by atoms with Gasteiger partial charge in [-0.2, -0.15) is 0 Å². The first-order chi connectivity index (χ1) is 8.40. The molecule has 2 N–H and O–H groups in total. The number of nitrogens with zero attached hydrogens (tertiary/aromatic N) is 1. The van der Waals surface area contributed by atoms with Crippen molar-refractivity contribution in [2.45, 2.75) is 39.3 Å². The van der Waals surface area contributed by atoms with Crippen LogP contribution in [0.2, 0.25) is 0 Å². The number of hydrogen-bond acceptors (Lipinski definition) is 4. The van der Waals surface area contributed by atoms with Gasteiger partial charge in [0.2, 0.25) is 5.91 Å². The van der Waals surface area contributed by atoms with Crippen LogP contribution in [0.15, 0.2) is 10.2 Å². The second-order valence-corrected chi connectivity index (χ2v) is 4.95. The number of aliphatic carboxylic acids is 1. The van der Waals surface area contributed by atoms with Crippen LogP contribution in [0, 0.1) is 6.92 Å². The van der Waals surface area contributed by atoms with Crippen LogP contribution in [0.5, 0.6) is 0 Å². The van der Waals surface area contributed by atoms with E-state index in [1.165, 1.54) is 4.57 Å². The van der Waals surface area contributed by atoms with Gasteiger partial charge in [-0.1, -0.05) is 11.3 Å². The van der Waals surface area contributed by atoms with Gasteiger partial charge in [0, 0.05) is 23.5 Å². The monoisotopic (exact) mass is 272 g/mol. The largest absolute Gasteiger partial charge is 0.481 e. The maximum Gasteiger partial charge on any atom is 0.307 e. The fraction of sp³-hybridized carbons (Fsp3) is 0.545. The maximum absolute atomic E-state index is 11.7. The predicted molar refractivity (Wildman–Crippen MR) is 67.8 cm³/mol. The van der Waals surface area contributed by atoms with Crippen molar-refractivity contribution in [2.75, 3.05) is 0 Å². The number of aromatic nitrogens is 1. The number of carboxylic acid groups (broad SMARTS) is 1. The summed E-state index contributed by atoms with van der Waals surface area (Å²) in [4.78, 5) is 33.3. The Hall–Kier alpha value is -1.63. The summed E-state index contributed by atoms with van der Waals surface area (Å²) >= 11 is 1.06. The van der Waals surface area contributed by atoms with Crippen molar-refractivity contribution in [3.8, 4) is 0 Å². The van der Waals surface area contributed by atoms with Crippen LogP contribution >= 0.6 is 11.3 Å². The Morgan fingerprint density at radius 1 is 1.56 bits per heavy atom. The number of nitrogens with one attached hydrogen (secondary N) is 1. The highest BCUT2D eigenvalue weighted by atomic mass is 32.1. The lowest BCUT2D eigenvalue weighted by Crippen LogP contribution is -2.37. The zero-order valence-electron chi connectivity index (χ0n) is 10.3. The Bertz CT molecular complexity index is 491. The van der Waals surface area contributed by atoms with Crippen LogP contribution in [-0.4, -0.2) is 27.6 Å². The molecule has 0 aliphatic heterocycles. The molecule has 1 amide bonds. The minimum Gasteiger partial charge on any atom is -0.481 e. The highest BCUT2D eigenvalue weighted by molar-refractivity contribution is 7.07. The summed E-state index contributed by atoms with van der Waals surface area (Å²) < 4.78 is 1.39. The molecular formula is C11H16N2O4S. The van der Waals surface area contributed by atoms with Gasteiger partial charge in [-0.25, -0.2) is 0 Å². The Morgan fingerprint density at radius 2 is 2.22 bits per heavy atom. The minimum atomic E-state index is -0.888. The van der Waals surface area contributed by atoms with E-state index in [0.717, 1.165) is 17.0 Å². The van der Waals surface area contributed by atoms with Gasteiger partial charge in [0.1, 0.15) is 6.54 Å². The second kappa shape index (κ2) is 6.34. The molecule has 18 heavy (non-hydrogen) atoms. The highest BCUT2D eigenvalue weighted by Crippen LogP contribution is 2.00. The molecule has 1 rings (SSSR count). The number of carboxylic acids is 1. The van der Waals surface area contributed by atoms with Crippen LogP contribution in [0.4, 0.5) is 0 Å². The molecule has 6 nitrogen and oxygen atoms in total. The Labute approximate surface area is 108 Å². The topological polar surface area (TPSA) is 88.4 Å². The fourth-order valence-electron chi connectivity index (χ4n) is 1.47. The minimum absolute atomic E-state index is 0.0128. The molecule has 0 aliphatic carbocycles. The molecule has 0 spiro atoms. The van der Waals surface area contributed by atoms with Gasteiger partial charge >= 0.3 is 10.8 Å². The van der Waals surface area contributed by atoms with Gasteiger partial charge in [0.05, 0.1) is 0 Å². The van der Waals surface area contributed by atoms with Gasteiger partial charge in [-0.3, -0.25) is 19.0 Å². The molecular weight excluding hydrogens is 256 g/mol. The number of hydrogen-bond donors (Lipinski definition) is 2. The molecule has 1 unspecified atom stereocenters. The molecule has 0 saturated heterocycles. The van der Waals surface area contributed by atoms with Crippen molar-refractivity contribution in [1.82, 2.24) is 9.88 Å².